The van der Waals surface area contributed by atoms with Crippen molar-refractivity contribution in [2.24, 2.45) is 0 Å². The maximum Gasteiger partial charge on any atom is 0.251 e. The molecule has 6 aliphatic rings. The highest BCUT2D eigenvalue weighted by molar-refractivity contribution is 7.90. The number of benzene rings is 5. The van der Waals surface area contributed by atoms with Gasteiger partial charge < -0.3 is 62.9 Å². The summed E-state index contributed by atoms with van der Waals surface area (Å²) in [6.07, 6.45) is 23.1. The monoisotopic (exact) mass is 1480 g/mol. The Labute approximate surface area is 626 Å². The summed E-state index contributed by atoms with van der Waals surface area (Å²) in [6.45, 7) is 21.8. The van der Waals surface area contributed by atoms with Crippen LogP contribution in [-0.2, 0) is 60.4 Å². The van der Waals surface area contributed by atoms with Gasteiger partial charge in [0, 0.05) is 100 Å². The number of ether oxygens (including phenoxy) is 7. The van der Waals surface area contributed by atoms with Gasteiger partial charge in [0.05, 0.1) is 59.6 Å². The number of phenols is 1. The zero-order valence-electron chi connectivity index (χ0n) is 63.2. The maximum atomic E-state index is 13.1. The Bertz CT molecular complexity index is 4130. The van der Waals surface area contributed by atoms with E-state index < -0.39 is 51.5 Å². The summed E-state index contributed by atoms with van der Waals surface area (Å²) in [5.41, 5.74) is 12.1. The van der Waals surface area contributed by atoms with E-state index >= 15 is 0 Å². The molecule has 0 spiro atoms. The molecule has 3 fully saturated rings. The summed E-state index contributed by atoms with van der Waals surface area (Å²) in [6, 6.07) is 33.7. The smallest absolute Gasteiger partial charge is 0.251 e. The molecule has 568 valence electrons. The van der Waals surface area contributed by atoms with Crippen molar-refractivity contribution >= 4 is 49.8 Å². The van der Waals surface area contributed by atoms with Crippen LogP contribution in [-0.4, -0.2) is 118 Å². The van der Waals surface area contributed by atoms with Crippen LogP contribution < -0.4 is 19.7 Å². The van der Waals surface area contributed by atoms with E-state index in [0.717, 1.165) is 148 Å². The average molecular weight is 1480 g/mol. The molecule has 3 saturated heterocycles. The predicted molar refractivity (Wildman–Crippen MR) is 412 cm³/mol. The fourth-order valence-corrected chi connectivity index (χ4v) is 17.0. The second kappa shape index (κ2) is 35.9. The zero-order chi connectivity index (χ0) is 74.6. The minimum atomic E-state index is -3.44. The number of anilines is 2. The molecule has 18 nitrogen and oxygen atoms in total. The van der Waals surface area contributed by atoms with Gasteiger partial charge in [-0.1, -0.05) is 109 Å². The molecule has 11 atom stereocenters. The van der Waals surface area contributed by atoms with Gasteiger partial charge in [0.1, 0.15) is 23.8 Å². The Morgan fingerprint density at radius 3 is 2.09 bits per heavy atom. The second-order valence-corrected chi connectivity index (χ2v) is 33.3. The van der Waals surface area contributed by atoms with E-state index in [2.05, 4.69) is 130 Å². The Balaban J connectivity index is 0.773. The Hall–Kier alpha value is -6.82. The first-order valence-electron chi connectivity index (χ1n) is 38.5. The number of nitrogens with one attached hydrogen (secondary N) is 2. The molecular weight excluding hydrogens is 1370 g/mol. The number of hydrogen-bond donors (Lipinski definition) is 4. The number of amides is 1. The van der Waals surface area contributed by atoms with Gasteiger partial charge in [-0.05, 0) is 206 Å². The third kappa shape index (κ3) is 20.1. The molecule has 1 amide bonds. The number of aryl methyl sites for hydroxylation is 1. The first-order chi connectivity index (χ1) is 50.4. The number of hydrogen-bond acceptors (Lipinski definition) is 15. The van der Waals surface area contributed by atoms with Crippen LogP contribution in [0.3, 0.4) is 0 Å². The van der Waals surface area contributed by atoms with E-state index in [4.69, 9.17) is 33.2 Å². The number of unbranched alkanes of at least 4 members (excludes halogenated alkanes) is 2. The third-order valence-corrected chi connectivity index (χ3v) is 23.2. The number of aromatic hydroxyl groups is 1. The van der Waals surface area contributed by atoms with Crippen LogP contribution in [0, 0.1) is 6.92 Å². The van der Waals surface area contributed by atoms with Crippen molar-refractivity contribution in [3.05, 3.63) is 189 Å². The highest BCUT2D eigenvalue weighted by Crippen LogP contribution is 2.49. The van der Waals surface area contributed by atoms with Crippen molar-refractivity contribution in [3.63, 3.8) is 0 Å². The minimum Gasteiger partial charge on any atom is -0.755 e. The SMILES string of the molecule is CCCCN1/C(=C/C=C2\CCCC(/C=C/C3=[N+](CCCC)c4ccc(S(C)(=O)=O)cc4C3(C)C)=C2Oc2cccc(C3OC(CCC)CC(CC(O)CCCC4CC(CCCC5CC(CC)OC(CNC(=O)c6ccc(NS(=O)[O-])cc6)O5)OC(c5cccc(O)c5)O4)O3)c2)C(C)(C)c2cc(C)ccc21. The molecule has 0 aromatic heterocycles. The number of fused-ring (bicyclic) bond motifs is 2. The molecule has 1 aliphatic carbocycles. The predicted octanol–water partition coefficient (Wildman–Crippen LogP) is 17.2. The molecule has 5 aromatic carbocycles. The van der Waals surface area contributed by atoms with Crippen molar-refractivity contribution in [2.45, 2.75) is 268 Å². The number of allylic oxidation sites excluding steroid dienone is 7. The van der Waals surface area contributed by atoms with Crippen molar-refractivity contribution in [1.29, 1.82) is 0 Å². The highest BCUT2D eigenvalue weighted by atomic mass is 32.2. The van der Waals surface area contributed by atoms with Gasteiger partial charge in [-0.3, -0.25) is 9.00 Å². The molecule has 11 rings (SSSR count). The molecule has 5 aromatic rings. The van der Waals surface area contributed by atoms with Crippen molar-refractivity contribution in [3.8, 4) is 11.5 Å². The number of carbonyl (C=O) groups is 1. The lowest BCUT2D eigenvalue weighted by Crippen LogP contribution is -2.44. The highest BCUT2D eigenvalue weighted by Gasteiger charge is 2.46. The van der Waals surface area contributed by atoms with Crippen LogP contribution in [0.5, 0.6) is 11.5 Å². The standard InChI is InChI=1S/C85H112N4O14S2/c1-11-15-45-88-75-41-33-56(5)47-73(75)84(6,7)77(88)43-36-57-23-17-24-58(37-44-78-85(8,9)74-54-72(105(10,95)96)40-42-76(74)89(78)46-16-12-2)80(57)99-67-29-19-26-61(49-67)83-100-66(22-13-3)53-71(103-83)50-64(91)28-20-30-69-52-70(102-82(101-69)60-25-18-27-63(90)48-60)32-21-31-68-51-65(14-4)97-79(98-68)55-86-81(92)59-34-38-62(39-35-59)87-104(93)94/h18-19,25-27,29,33-44,47-49,54,64-66,68-71,79,82-83,91H,11-17,20-24,28,30-32,45-46,50-53,55H2,1-10H3,(H3-,86,87,90,92,93,94). The van der Waals surface area contributed by atoms with Crippen molar-refractivity contribution in [2.75, 3.05) is 35.5 Å². The van der Waals surface area contributed by atoms with E-state index in [9.17, 15) is 32.2 Å². The number of aliphatic hydroxyl groups is 1. The van der Waals surface area contributed by atoms with Crippen LogP contribution in [0.25, 0.3) is 0 Å². The maximum absolute atomic E-state index is 13.1. The minimum absolute atomic E-state index is 0.0350. The third-order valence-electron chi connectivity index (χ3n) is 21.7. The summed E-state index contributed by atoms with van der Waals surface area (Å²) in [7, 11) is -3.44. The summed E-state index contributed by atoms with van der Waals surface area (Å²) in [5.74, 6) is 1.29. The second-order valence-electron chi connectivity index (χ2n) is 30.6. The molecule has 5 heterocycles. The summed E-state index contributed by atoms with van der Waals surface area (Å²) in [4.78, 5) is 15.9. The number of aliphatic hydroxyl groups excluding tert-OH is 1. The number of rotatable bonds is 32. The molecule has 5 aliphatic heterocycles. The van der Waals surface area contributed by atoms with Crippen molar-refractivity contribution < 1.29 is 69.9 Å². The van der Waals surface area contributed by atoms with Gasteiger partial charge in [-0.15, -0.1) is 0 Å². The summed E-state index contributed by atoms with van der Waals surface area (Å²) < 4.78 is 99.6. The Morgan fingerprint density at radius 2 is 1.39 bits per heavy atom. The fraction of sp³-hybridized carbons (Fsp3) is 0.529. The van der Waals surface area contributed by atoms with E-state index in [1.807, 2.05) is 36.4 Å². The van der Waals surface area contributed by atoms with Gasteiger partial charge in [0.15, 0.2) is 34.4 Å². The average Bonchev–Trinajstić information content (AvgIpc) is 1.59. The number of sulfone groups is 1. The Kier molecular flexibility index (Phi) is 27.1. The summed E-state index contributed by atoms with van der Waals surface area (Å²) in [5, 5.41) is 25.3. The Morgan fingerprint density at radius 1 is 0.724 bits per heavy atom. The zero-order valence-corrected chi connectivity index (χ0v) is 64.9. The van der Waals surface area contributed by atoms with Gasteiger partial charge in [0.25, 0.3) is 5.91 Å². The topological polar surface area (TPSA) is 227 Å². The van der Waals surface area contributed by atoms with Crippen LogP contribution in [0.1, 0.15) is 235 Å². The lowest BCUT2D eigenvalue weighted by Gasteiger charge is -2.38. The summed E-state index contributed by atoms with van der Waals surface area (Å²) >= 11 is -2.47. The molecule has 0 saturated carbocycles. The fourth-order valence-electron chi connectivity index (χ4n) is 16.0. The largest absolute Gasteiger partial charge is 0.755 e. The van der Waals surface area contributed by atoms with E-state index in [0.29, 0.717) is 60.4 Å². The van der Waals surface area contributed by atoms with Crippen molar-refractivity contribution in [1.82, 2.24) is 5.32 Å². The van der Waals surface area contributed by atoms with Crippen LogP contribution in [0.2, 0.25) is 0 Å². The van der Waals surface area contributed by atoms with Gasteiger partial charge in [0.2, 0.25) is 5.69 Å². The van der Waals surface area contributed by atoms with E-state index in [1.54, 1.807) is 36.4 Å². The lowest BCUT2D eigenvalue weighted by atomic mass is 9.81. The van der Waals surface area contributed by atoms with Gasteiger partial charge in [-0.25, -0.2) is 8.42 Å². The molecule has 0 radical (unpaired) electrons. The first kappa shape index (κ1) is 79.2. The lowest BCUT2D eigenvalue weighted by molar-refractivity contribution is -0.438. The molecule has 11 unspecified atom stereocenters. The quantitative estimate of drug-likeness (QED) is 0.0232. The van der Waals surface area contributed by atoms with E-state index in [-0.39, 0.29) is 60.2 Å². The molecular formula is C85H112N4O14S2. The van der Waals surface area contributed by atoms with Gasteiger partial charge in [-0.2, -0.15) is 4.58 Å². The van der Waals surface area contributed by atoms with Crippen LogP contribution >= 0.6 is 0 Å². The van der Waals surface area contributed by atoms with Crippen LogP contribution in [0.4, 0.5) is 17.1 Å². The molecule has 4 N–H and O–H groups in total. The normalized spacial score (nSPS) is 25.2. The molecule has 105 heavy (non-hydrogen) atoms. The number of carbonyl (C=O) groups excluding carboxylic acids is 1. The number of nitrogens with zero attached hydrogens (tertiary/aromatic N) is 2. The first-order valence-corrected chi connectivity index (χ1v) is 41.5. The van der Waals surface area contributed by atoms with Gasteiger partial charge >= 0.3 is 0 Å². The van der Waals surface area contributed by atoms with Crippen LogP contribution in [0.15, 0.2) is 161 Å². The molecule has 20 heteroatoms. The van der Waals surface area contributed by atoms with E-state index in [1.165, 1.54) is 40.9 Å². The number of phenolic OH excluding ortho intramolecular Hbond substituents is 1. The molecule has 0 bridgehead atoms.